The lowest BCUT2D eigenvalue weighted by molar-refractivity contribution is 0.116. The molecule has 4 saturated carbocycles. The highest BCUT2D eigenvalue weighted by Gasteiger charge is 2.95. The Labute approximate surface area is 230 Å². The predicted octanol–water partition coefficient (Wildman–Crippen LogP) is 9.55. The molecular weight excluding hydrogens is 630 g/mol. The Morgan fingerprint density at radius 3 is 1.38 bits per heavy atom. The molecule has 4 rings (SSSR count). The van der Waals surface area contributed by atoms with Crippen LogP contribution in [0.4, 0.5) is 0 Å². The Morgan fingerprint density at radius 2 is 0.828 bits per heavy atom. The highest BCUT2D eigenvalue weighted by molar-refractivity contribution is 6.71. The fourth-order valence-electron chi connectivity index (χ4n) is 5.86. The number of hydrogen-bond acceptors (Lipinski definition) is 0. The van der Waals surface area contributed by atoms with Crippen LogP contribution < -0.4 is 0 Å². The average molecular weight is 646 g/mol. The number of halogens is 12. The minimum Gasteiger partial charge on any atom is -0.115 e. The van der Waals surface area contributed by atoms with Crippen LogP contribution in [0.2, 0.25) is 0 Å². The van der Waals surface area contributed by atoms with Crippen molar-refractivity contribution in [3.05, 3.63) is 0 Å². The maximum Gasteiger partial charge on any atom is 0.173 e. The van der Waals surface area contributed by atoms with Crippen molar-refractivity contribution in [1.82, 2.24) is 0 Å². The summed E-state index contributed by atoms with van der Waals surface area (Å²) in [7, 11) is 0. The van der Waals surface area contributed by atoms with E-state index in [1.807, 2.05) is 0 Å². The van der Waals surface area contributed by atoms with Gasteiger partial charge >= 0.3 is 0 Å². The summed E-state index contributed by atoms with van der Waals surface area (Å²) in [6.45, 7) is 0. The van der Waals surface area contributed by atoms with Gasteiger partial charge in [-0.2, -0.15) is 0 Å². The minimum atomic E-state index is -2.13. The van der Waals surface area contributed by atoms with Crippen molar-refractivity contribution in [3.63, 3.8) is 0 Å². The minimum absolute atomic E-state index is 0.104. The molecule has 168 valence electrons. The first-order valence-electron chi connectivity index (χ1n) is 9.14. The third-order valence-electron chi connectivity index (χ3n) is 7.54. The molecular formula is C17H16Cl12. The Kier molecular flexibility index (Phi) is 6.01. The van der Waals surface area contributed by atoms with E-state index in [0.29, 0.717) is 25.7 Å². The normalized spacial score (nSPS) is 57.5. The Hall–Kier alpha value is 3.48. The molecule has 4 fully saturated rings. The Morgan fingerprint density at radius 1 is 0.379 bits per heavy atom. The average Bonchev–Trinajstić information content (AvgIpc) is 3.19. The fourth-order valence-corrected chi connectivity index (χ4v) is 12.8. The zero-order chi connectivity index (χ0) is 22.2. The summed E-state index contributed by atoms with van der Waals surface area (Å²) >= 11 is 84.6. The summed E-state index contributed by atoms with van der Waals surface area (Å²) in [5, 5.41) is 0. The molecule has 0 heterocycles. The molecule has 0 aromatic carbocycles. The van der Waals surface area contributed by atoms with Gasteiger partial charge in [0.2, 0.25) is 0 Å². The number of hydrogen-bond donors (Lipinski definition) is 0. The molecule has 0 radical (unpaired) electrons. The Bertz CT molecular complexity index is 755. The SMILES string of the molecule is ClC1(Cl)CCCC2(Cl)C(Cl)(Cl)C(Cl)(Cl)C3(Cl)CC3(Cl)C3(Cl)CCCCC3(Cl)C12Cl. The number of fused-ring (bicyclic) bond motifs is 5. The van der Waals surface area contributed by atoms with Crippen LogP contribution in [0.1, 0.15) is 51.4 Å². The third-order valence-corrected chi connectivity index (χ3v) is 17.2. The van der Waals surface area contributed by atoms with Crippen molar-refractivity contribution in [2.24, 2.45) is 0 Å². The van der Waals surface area contributed by atoms with E-state index in [4.69, 9.17) is 139 Å². The lowest BCUT2D eigenvalue weighted by atomic mass is 9.57. The molecule has 29 heavy (non-hydrogen) atoms. The molecule has 0 saturated heterocycles. The number of rotatable bonds is 0. The van der Waals surface area contributed by atoms with Crippen molar-refractivity contribution in [3.8, 4) is 0 Å². The van der Waals surface area contributed by atoms with Gasteiger partial charge in [-0.15, -0.1) is 69.6 Å². The second-order valence-electron chi connectivity index (χ2n) is 8.75. The summed E-state index contributed by atoms with van der Waals surface area (Å²) in [4.78, 5) is -9.39. The molecule has 6 unspecified atom stereocenters. The van der Waals surface area contributed by atoms with E-state index in [1.54, 1.807) is 0 Å². The highest BCUT2D eigenvalue weighted by atomic mass is 35.5. The molecule has 4 aliphatic carbocycles. The van der Waals surface area contributed by atoms with Crippen LogP contribution in [0.3, 0.4) is 0 Å². The van der Waals surface area contributed by atoms with Gasteiger partial charge in [0, 0.05) is 0 Å². The number of alkyl halides is 12. The largest absolute Gasteiger partial charge is 0.173 e. The third kappa shape index (κ3) is 2.46. The van der Waals surface area contributed by atoms with Crippen LogP contribution in [0.15, 0.2) is 0 Å². The highest BCUT2D eigenvalue weighted by Crippen LogP contribution is 2.86. The lowest BCUT2D eigenvalue weighted by Gasteiger charge is -2.69. The van der Waals surface area contributed by atoms with E-state index in [0.717, 1.165) is 6.42 Å². The van der Waals surface area contributed by atoms with Gasteiger partial charge < -0.3 is 0 Å². The molecule has 6 atom stereocenters. The van der Waals surface area contributed by atoms with E-state index >= 15 is 0 Å². The van der Waals surface area contributed by atoms with Crippen LogP contribution in [0.25, 0.3) is 0 Å². The zero-order valence-electron chi connectivity index (χ0n) is 14.7. The van der Waals surface area contributed by atoms with Gasteiger partial charge in [0.25, 0.3) is 0 Å². The zero-order valence-corrected chi connectivity index (χ0v) is 23.8. The van der Waals surface area contributed by atoms with Gasteiger partial charge in [0.1, 0.15) is 19.0 Å². The topological polar surface area (TPSA) is 0 Å². The molecule has 12 heteroatoms. The quantitative estimate of drug-likeness (QED) is 0.230. The van der Waals surface area contributed by atoms with E-state index in [1.165, 1.54) is 0 Å². The van der Waals surface area contributed by atoms with Crippen molar-refractivity contribution in [1.29, 1.82) is 0 Å². The van der Waals surface area contributed by atoms with Crippen molar-refractivity contribution in [2.45, 2.75) is 93.6 Å². The van der Waals surface area contributed by atoms with E-state index in [9.17, 15) is 0 Å². The molecule has 4 aliphatic rings. The molecule has 0 aromatic rings. The Balaban J connectivity index is 2.14. The standard InChI is InChI=1S/C17H16Cl12/c18-9-4-1-2-5-10(9,19)15(25)11(20,6-3-7-14(15,23)24)16(26,27)17(28,29)13(22)8-12(9,13)21/h1-8H2. The second kappa shape index (κ2) is 6.82. The van der Waals surface area contributed by atoms with Gasteiger partial charge in [0.05, 0.1) is 14.6 Å². The van der Waals surface area contributed by atoms with E-state index in [-0.39, 0.29) is 19.3 Å². The molecule has 0 N–H and O–H groups in total. The summed E-state index contributed by atoms with van der Waals surface area (Å²) in [6.07, 6.45) is 3.21. The lowest BCUT2D eigenvalue weighted by Crippen LogP contribution is -2.84. The van der Waals surface area contributed by atoms with Crippen LogP contribution in [0, 0.1) is 0 Å². The first-order chi connectivity index (χ1) is 12.9. The maximum absolute atomic E-state index is 7.41. The van der Waals surface area contributed by atoms with Crippen molar-refractivity contribution >= 4 is 139 Å². The molecule has 0 aromatic heterocycles. The maximum atomic E-state index is 7.41. The monoisotopic (exact) mass is 640 g/mol. The van der Waals surface area contributed by atoms with Gasteiger partial charge in [-0.3, -0.25) is 0 Å². The predicted molar refractivity (Wildman–Crippen MR) is 132 cm³/mol. The second-order valence-corrected chi connectivity index (χ2v) is 16.7. The summed E-state index contributed by atoms with van der Waals surface area (Å²) < 4.78 is -5.83. The van der Waals surface area contributed by atoms with Gasteiger partial charge in [-0.05, 0) is 38.5 Å². The summed E-state index contributed by atoms with van der Waals surface area (Å²) in [5.41, 5.74) is 0. The fraction of sp³-hybridized carbons (Fsp3) is 1.00. The smallest absolute Gasteiger partial charge is 0.115 e. The van der Waals surface area contributed by atoms with Crippen molar-refractivity contribution in [2.75, 3.05) is 0 Å². The molecule has 0 amide bonds. The first-order valence-corrected chi connectivity index (χ1v) is 13.7. The van der Waals surface area contributed by atoms with Crippen molar-refractivity contribution < 1.29 is 0 Å². The summed E-state index contributed by atoms with van der Waals surface area (Å²) in [6, 6.07) is 0. The van der Waals surface area contributed by atoms with Crippen LogP contribution in [0.5, 0.6) is 0 Å². The summed E-state index contributed by atoms with van der Waals surface area (Å²) in [5.74, 6) is 0. The van der Waals surface area contributed by atoms with Gasteiger partial charge in [-0.25, -0.2) is 0 Å². The molecule has 0 bridgehead atoms. The van der Waals surface area contributed by atoms with Gasteiger partial charge in [0.15, 0.2) is 8.67 Å². The van der Waals surface area contributed by atoms with Gasteiger partial charge in [-0.1, -0.05) is 82.4 Å². The van der Waals surface area contributed by atoms with Crippen LogP contribution in [-0.2, 0) is 0 Å². The first kappa shape index (κ1) is 25.6. The molecule has 0 aliphatic heterocycles. The van der Waals surface area contributed by atoms with Crippen LogP contribution in [-0.4, -0.2) is 42.2 Å². The van der Waals surface area contributed by atoms with Crippen LogP contribution >= 0.6 is 139 Å². The molecule has 0 spiro atoms. The molecule has 0 nitrogen and oxygen atoms in total. The van der Waals surface area contributed by atoms with E-state index in [2.05, 4.69) is 0 Å². The van der Waals surface area contributed by atoms with E-state index < -0.39 is 42.2 Å².